The maximum Gasteiger partial charge on any atom is 0.224 e. The zero-order valence-electron chi connectivity index (χ0n) is 9.56. The third-order valence-electron chi connectivity index (χ3n) is 3.09. The Morgan fingerprint density at radius 1 is 1.28 bits per heavy atom. The second-order valence-corrected chi connectivity index (χ2v) is 4.24. The number of aromatic nitrogens is 2. The Morgan fingerprint density at radius 2 is 2.17 bits per heavy atom. The van der Waals surface area contributed by atoms with Crippen LogP contribution < -0.4 is 5.32 Å². The Hall–Kier alpha value is -2.43. The van der Waals surface area contributed by atoms with Gasteiger partial charge in [-0.05, 0) is 24.1 Å². The van der Waals surface area contributed by atoms with E-state index in [4.69, 9.17) is 0 Å². The van der Waals surface area contributed by atoms with Crippen molar-refractivity contribution < 1.29 is 9.59 Å². The number of aromatic amines is 1. The van der Waals surface area contributed by atoms with Crippen LogP contribution in [-0.4, -0.2) is 22.4 Å². The van der Waals surface area contributed by atoms with Gasteiger partial charge >= 0.3 is 0 Å². The van der Waals surface area contributed by atoms with Crippen molar-refractivity contribution in [3.8, 4) is 11.3 Å². The van der Waals surface area contributed by atoms with Crippen LogP contribution in [-0.2, 0) is 11.2 Å². The van der Waals surface area contributed by atoms with Gasteiger partial charge in [0.05, 0.1) is 17.5 Å². The Kier molecular flexibility index (Phi) is 2.44. The molecule has 0 radical (unpaired) electrons. The van der Waals surface area contributed by atoms with Crippen molar-refractivity contribution in [2.45, 2.75) is 12.8 Å². The normalized spacial score (nSPS) is 13.9. The first-order valence-electron chi connectivity index (χ1n) is 5.69. The summed E-state index contributed by atoms with van der Waals surface area (Å²) in [5.74, 6) is 0.0466. The van der Waals surface area contributed by atoms with E-state index in [1.807, 2.05) is 18.2 Å². The van der Waals surface area contributed by atoms with E-state index in [2.05, 4.69) is 15.5 Å². The summed E-state index contributed by atoms with van der Waals surface area (Å²) < 4.78 is 0. The lowest BCUT2D eigenvalue weighted by Crippen LogP contribution is -2.18. The fourth-order valence-electron chi connectivity index (χ4n) is 2.15. The first-order valence-corrected chi connectivity index (χ1v) is 5.69. The number of aryl methyl sites for hydroxylation is 1. The van der Waals surface area contributed by atoms with Gasteiger partial charge in [0, 0.05) is 17.7 Å². The number of amides is 1. The number of hydrogen-bond donors (Lipinski definition) is 2. The topological polar surface area (TPSA) is 74.8 Å². The van der Waals surface area contributed by atoms with Crippen LogP contribution in [0, 0.1) is 0 Å². The molecule has 0 saturated carbocycles. The van der Waals surface area contributed by atoms with E-state index < -0.39 is 0 Å². The number of H-pyrrole nitrogens is 1. The third-order valence-corrected chi connectivity index (χ3v) is 3.09. The molecule has 18 heavy (non-hydrogen) atoms. The second-order valence-electron chi connectivity index (χ2n) is 4.24. The van der Waals surface area contributed by atoms with Crippen LogP contribution in [0.25, 0.3) is 11.3 Å². The van der Waals surface area contributed by atoms with Gasteiger partial charge in [0.25, 0.3) is 0 Å². The number of aldehydes is 1. The van der Waals surface area contributed by atoms with Crippen LogP contribution in [0.5, 0.6) is 0 Å². The highest BCUT2D eigenvalue weighted by Gasteiger charge is 2.16. The van der Waals surface area contributed by atoms with E-state index in [1.165, 1.54) is 6.20 Å². The second kappa shape index (κ2) is 4.10. The number of fused-ring (bicyclic) bond motifs is 1. The number of anilines is 1. The molecule has 0 unspecified atom stereocenters. The minimum absolute atomic E-state index is 0.0466. The van der Waals surface area contributed by atoms with E-state index in [0.29, 0.717) is 17.7 Å². The van der Waals surface area contributed by atoms with E-state index in [0.717, 1.165) is 29.5 Å². The molecule has 0 atom stereocenters. The standard InChI is InChI=1S/C13H11N3O2/c17-7-10-6-14-16-13(10)9-1-3-11-8(5-9)2-4-12(18)15-11/h1,3,5-7H,2,4H2,(H,14,16)(H,15,18). The minimum atomic E-state index is 0.0466. The lowest BCUT2D eigenvalue weighted by Gasteiger charge is -2.17. The van der Waals surface area contributed by atoms with Crippen molar-refractivity contribution in [1.82, 2.24) is 10.2 Å². The molecular weight excluding hydrogens is 230 g/mol. The van der Waals surface area contributed by atoms with Crippen LogP contribution >= 0.6 is 0 Å². The van der Waals surface area contributed by atoms with Gasteiger partial charge in [0.2, 0.25) is 5.91 Å². The monoisotopic (exact) mass is 241 g/mol. The lowest BCUT2D eigenvalue weighted by atomic mass is 9.98. The average molecular weight is 241 g/mol. The lowest BCUT2D eigenvalue weighted by molar-refractivity contribution is -0.116. The number of nitrogens with zero attached hydrogens (tertiary/aromatic N) is 1. The molecule has 5 heteroatoms. The molecule has 1 aliphatic heterocycles. The van der Waals surface area contributed by atoms with Crippen LogP contribution in [0.2, 0.25) is 0 Å². The maximum absolute atomic E-state index is 11.3. The van der Waals surface area contributed by atoms with Crippen molar-refractivity contribution in [2.75, 3.05) is 5.32 Å². The van der Waals surface area contributed by atoms with Gasteiger partial charge in [-0.1, -0.05) is 6.07 Å². The summed E-state index contributed by atoms with van der Waals surface area (Å²) in [7, 11) is 0. The van der Waals surface area contributed by atoms with E-state index in [9.17, 15) is 9.59 Å². The first-order chi connectivity index (χ1) is 8.78. The number of benzene rings is 1. The number of hydrogen-bond acceptors (Lipinski definition) is 3. The predicted octanol–water partition coefficient (Wildman–Crippen LogP) is 1.77. The molecule has 0 bridgehead atoms. The van der Waals surface area contributed by atoms with Crippen LogP contribution in [0.1, 0.15) is 22.3 Å². The summed E-state index contributed by atoms with van der Waals surface area (Å²) in [5.41, 5.74) is 4.09. The van der Waals surface area contributed by atoms with Crippen molar-refractivity contribution in [1.29, 1.82) is 0 Å². The Morgan fingerprint density at radius 3 is 3.00 bits per heavy atom. The molecule has 90 valence electrons. The molecule has 2 N–H and O–H groups in total. The number of carbonyl (C=O) groups is 2. The molecule has 2 heterocycles. The highest BCUT2D eigenvalue weighted by Crippen LogP contribution is 2.28. The SMILES string of the molecule is O=Cc1cn[nH]c1-c1ccc2c(c1)CCC(=O)N2. The van der Waals surface area contributed by atoms with Gasteiger partial charge in [-0.15, -0.1) is 0 Å². The van der Waals surface area contributed by atoms with Gasteiger partial charge in [0.1, 0.15) is 0 Å². The van der Waals surface area contributed by atoms with Crippen molar-refractivity contribution >= 4 is 17.9 Å². The van der Waals surface area contributed by atoms with Gasteiger partial charge < -0.3 is 5.32 Å². The zero-order valence-corrected chi connectivity index (χ0v) is 9.56. The minimum Gasteiger partial charge on any atom is -0.326 e. The molecule has 1 amide bonds. The van der Waals surface area contributed by atoms with E-state index in [1.54, 1.807) is 0 Å². The fraction of sp³-hybridized carbons (Fsp3) is 0.154. The number of carbonyl (C=O) groups excluding carboxylic acids is 2. The predicted molar refractivity (Wildman–Crippen MR) is 66.4 cm³/mol. The fourth-order valence-corrected chi connectivity index (χ4v) is 2.15. The summed E-state index contributed by atoms with van der Waals surface area (Å²) in [6.07, 6.45) is 3.50. The first kappa shape index (κ1) is 10.7. The highest BCUT2D eigenvalue weighted by molar-refractivity contribution is 5.94. The quantitative estimate of drug-likeness (QED) is 0.787. The van der Waals surface area contributed by atoms with Gasteiger partial charge in [0.15, 0.2) is 6.29 Å². The van der Waals surface area contributed by atoms with Crippen molar-refractivity contribution in [3.05, 3.63) is 35.5 Å². The molecule has 2 aromatic rings. The summed E-state index contributed by atoms with van der Waals surface area (Å²) in [6, 6.07) is 5.71. The maximum atomic E-state index is 11.3. The van der Waals surface area contributed by atoms with Gasteiger partial charge in [-0.2, -0.15) is 5.10 Å². The van der Waals surface area contributed by atoms with E-state index in [-0.39, 0.29) is 5.91 Å². The number of rotatable bonds is 2. The highest BCUT2D eigenvalue weighted by atomic mass is 16.1. The van der Waals surface area contributed by atoms with Gasteiger partial charge in [-0.3, -0.25) is 14.7 Å². The molecule has 0 fully saturated rings. The molecule has 1 aromatic heterocycles. The smallest absolute Gasteiger partial charge is 0.224 e. The summed E-state index contributed by atoms with van der Waals surface area (Å²) >= 11 is 0. The van der Waals surface area contributed by atoms with E-state index >= 15 is 0 Å². The summed E-state index contributed by atoms with van der Waals surface area (Å²) in [5, 5.41) is 9.51. The Bertz CT molecular complexity index is 631. The largest absolute Gasteiger partial charge is 0.326 e. The molecule has 1 aromatic carbocycles. The third kappa shape index (κ3) is 1.69. The molecule has 0 aliphatic carbocycles. The molecule has 5 nitrogen and oxygen atoms in total. The molecular formula is C13H11N3O2. The van der Waals surface area contributed by atoms with Crippen LogP contribution in [0.3, 0.4) is 0 Å². The molecule has 3 rings (SSSR count). The van der Waals surface area contributed by atoms with Crippen LogP contribution in [0.4, 0.5) is 5.69 Å². The number of nitrogens with one attached hydrogen (secondary N) is 2. The molecule has 0 saturated heterocycles. The molecule has 1 aliphatic rings. The summed E-state index contributed by atoms with van der Waals surface area (Å²) in [4.78, 5) is 22.1. The van der Waals surface area contributed by atoms with Crippen molar-refractivity contribution in [3.63, 3.8) is 0 Å². The Balaban J connectivity index is 2.05. The van der Waals surface area contributed by atoms with Crippen molar-refractivity contribution in [2.24, 2.45) is 0 Å². The summed E-state index contributed by atoms with van der Waals surface area (Å²) in [6.45, 7) is 0. The molecule has 0 spiro atoms. The average Bonchev–Trinajstić information content (AvgIpc) is 2.86. The zero-order chi connectivity index (χ0) is 12.5. The van der Waals surface area contributed by atoms with Gasteiger partial charge in [-0.25, -0.2) is 0 Å². The Labute approximate surface area is 103 Å². The van der Waals surface area contributed by atoms with Crippen LogP contribution in [0.15, 0.2) is 24.4 Å².